The first-order chi connectivity index (χ1) is 12.4. The maximum Gasteiger partial charge on any atom is 0.513 e. The quantitative estimate of drug-likeness (QED) is 0.522. The van der Waals surface area contributed by atoms with Crippen molar-refractivity contribution in [2.24, 2.45) is 11.8 Å². The van der Waals surface area contributed by atoms with Crippen molar-refractivity contribution >= 4 is 23.1 Å². The van der Waals surface area contributed by atoms with Crippen molar-refractivity contribution in [2.75, 3.05) is 13.2 Å². The summed E-state index contributed by atoms with van der Waals surface area (Å²) in [5, 5.41) is 1.26. The molecule has 0 aliphatic rings. The molecule has 0 bridgehead atoms. The van der Waals surface area contributed by atoms with E-state index in [0.717, 1.165) is 0 Å². The van der Waals surface area contributed by atoms with Gasteiger partial charge in [-0.2, -0.15) is 0 Å². The molecule has 2 rings (SSSR count). The summed E-state index contributed by atoms with van der Waals surface area (Å²) in [6.45, 7) is 8.31. The summed E-state index contributed by atoms with van der Waals surface area (Å²) in [5.74, 6) is 1.09. The van der Waals surface area contributed by atoms with Crippen molar-refractivity contribution in [3.05, 3.63) is 36.4 Å². The van der Waals surface area contributed by atoms with E-state index in [-0.39, 0.29) is 25.0 Å². The van der Waals surface area contributed by atoms with E-state index < -0.39 is 12.3 Å². The fourth-order valence-corrected chi connectivity index (χ4v) is 2.13. The molecule has 0 radical (unpaired) electrons. The molecule has 0 spiro atoms. The van der Waals surface area contributed by atoms with Crippen LogP contribution < -0.4 is 9.47 Å². The zero-order chi connectivity index (χ0) is 19.1. The molecule has 0 N–H and O–H groups in total. The molecule has 0 heterocycles. The molecule has 0 fully saturated rings. The van der Waals surface area contributed by atoms with Gasteiger partial charge in [0.25, 0.3) is 0 Å². The number of fused-ring (bicyclic) bond motifs is 1. The number of hydrogen-bond donors (Lipinski definition) is 0. The topological polar surface area (TPSA) is 71.1 Å². The summed E-state index contributed by atoms with van der Waals surface area (Å²) in [7, 11) is 0. The predicted octanol–water partition coefficient (Wildman–Crippen LogP) is 5.18. The van der Waals surface area contributed by atoms with Crippen molar-refractivity contribution in [1.29, 1.82) is 0 Å². The summed E-state index contributed by atoms with van der Waals surface area (Å²) in [4.78, 5) is 23.6. The number of carbonyl (C=O) groups is 2. The average molecular weight is 360 g/mol. The van der Waals surface area contributed by atoms with E-state index in [2.05, 4.69) is 0 Å². The van der Waals surface area contributed by atoms with Gasteiger partial charge in [-0.15, -0.1) is 0 Å². The number of carbonyl (C=O) groups excluding carboxylic acids is 2. The molecular formula is C20H24O6. The molecule has 0 saturated heterocycles. The molecule has 0 aromatic heterocycles. The first-order valence-electron chi connectivity index (χ1n) is 8.57. The van der Waals surface area contributed by atoms with Crippen molar-refractivity contribution in [3.8, 4) is 11.5 Å². The van der Waals surface area contributed by atoms with Crippen molar-refractivity contribution < 1.29 is 28.5 Å². The van der Waals surface area contributed by atoms with Crippen LogP contribution in [-0.4, -0.2) is 25.5 Å². The Bertz CT molecular complexity index is 701. The summed E-state index contributed by atoms with van der Waals surface area (Å²) in [6.07, 6.45) is -1.54. The Morgan fingerprint density at radius 1 is 0.731 bits per heavy atom. The van der Waals surface area contributed by atoms with Gasteiger partial charge in [0, 0.05) is 10.8 Å². The van der Waals surface area contributed by atoms with Gasteiger partial charge in [-0.05, 0) is 24.0 Å². The van der Waals surface area contributed by atoms with Gasteiger partial charge in [-0.1, -0.05) is 52.0 Å². The first-order valence-corrected chi connectivity index (χ1v) is 8.57. The van der Waals surface area contributed by atoms with E-state index in [0.29, 0.717) is 22.3 Å². The van der Waals surface area contributed by atoms with E-state index in [1.165, 1.54) is 0 Å². The predicted molar refractivity (Wildman–Crippen MR) is 97.6 cm³/mol. The smallest absolute Gasteiger partial charge is 0.434 e. The highest BCUT2D eigenvalue weighted by molar-refractivity contribution is 5.95. The lowest BCUT2D eigenvalue weighted by Crippen LogP contribution is -2.15. The number of hydrogen-bond acceptors (Lipinski definition) is 6. The third-order valence-corrected chi connectivity index (χ3v) is 3.30. The van der Waals surface area contributed by atoms with Crippen LogP contribution >= 0.6 is 0 Å². The van der Waals surface area contributed by atoms with Crippen molar-refractivity contribution in [3.63, 3.8) is 0 Å². The van der Waals surface area contributed by atoms with Crippen molar-refractivity contribution in [1.82, 2.24) is 0 Å². The summed E-state index contributed by atoms with van der Waals surface area (Å²) < 4.78 is 20.6. The van der Waals surface area contributed by atoms with E-state index >= 15 is 0 Å². The molecular weight excluding hydrogens is 336 g/mol. The standard InChI is InChI=1S/C20H24O6/c1-13(2)11-23-19(21)25-17-9-10-18(16-8-6-5-7-15(16)17)26-20(22)24-12-14(3)4/h5-10,13-14H,11-12H2,1-4H3. The maximum atomic E-state index is 11.8. The molecule has 0 unspecified atom stereocenters. The van der Waals surface area contributed by atoms with Crippen LogP contribution in [0.25, 0.3) is 10.8 Å². The van der Waals surface area contributed by atoms with Crippen LogP contribution in [0.3, 0.4) is 0 Å². The fraction of sp³-hybridized carbons (Fsp3) is 0.400. The highest BCUT2D eigenvalue weighted by Crippen LogP contribution is 2.33. The van der Waals surface area contributed by atoms with Crippen molar-refractivity contribution in [2.45, 2.75) is 27.7 Å². The van der Waals surface area contributed by atoms with Crippen LogP contribution in [-0.2, 0) is 9.47 Å². The molecule has 2 aromatic carbocycles. The minimum atomic E-state index is -0.770. The molecule has 26 heavy (non-hydrogen) atoms. The minimum Gasteiger partial charge on any atom is -0.434 e. The molecule has 6 heteroatoms. The Morgan fingerprint density at radius 2 is 1.12 bits per heavy atom. The molecule has 2 aromatic rings. The first kappa shape index (κ1) is 19.6. The highest BCUT2D eigenvalue weighted by atomic mass is 16.7. The van der Waals surface area contributed by atoms with Gasteiger partial charge in [-0.3, -0.25) is 0 Å². The van der Waals surface area contributed by atoms with Gasteiger partial charge >= 0.3 is 12.3 Å². The summed E-state index contributed by atoms with van der Waals surface area (Å²) in [5.41, 5.74) is 0. The van der Waals surface area contributed by atoms with Crippen LogP contribution in [0, 0.1) is 11.8 Å². The normalized spacial score (nSPS) is 10.8. The number of rotatable bonds is 6. The lowest BCUT2D eigenvalue weighted by atomic mass is 10.1. The Morgan fingerprint density at radius 3 is 1.46 bits per heavy atom. The van der Waals surface area contributed by atoms with Crippen LogP contribution in [0.1, 0.15) is 27.7 Å². The Labute approximate surface area is 153 Å². The lowest BCUT2D eigenvalue weighted by Gasteiger charge is -2.13. The van der Waals surface area contributed by atoms with Crippen LogP contribution in [0.5, 0.6) is 11.5 Å². The second kappa shape index (κ2) is 9.08. The Hall–Kier alpha value is -2.76. The molecule has 0 aliphatic heterocycles. The van der Waals surface area contributed by atoms with E-state index in [1.54, 1.807) is 36.4 Å². The van der Waals surface area contributed by atoms with Gasteiger partial charge < -0.3 is 18.9 Å². The number of ether oxygens (including phenoxy) is 4. The molecule has 140 valence electrons. The number of benzene rings is 2. The van der Waals surface area contributed by atoms with Gasteiger partial charge in [0.2, 0.25) is 0 Å². The van der Waals surface area contributed by atoms with E-state index in [9.17, 15) is 9.59 Å². The van der Waals surface area contributed by atoms with Gasteiger partial charge in [0.15, 0.2) is 0 Å². The van der Waals surface area contributed by atoms with Gasteiger partial charge in [0.1, 0.15) is 11.5 Å². The average Bonchev–Trinajstić information content (AvgIpc) is 2.60. The highest BCUT2D eigenvalue weighted by Gasteiger charge is 2.15. The molecule has 0 amide bonds. The van der Waals surface area contributed by atoms with Crippen LogP contribution in [0.15, 0.2) is 36.4 Å². The molecule has 0 aliphatic carbocycles. The minimum absolute atomic E-state index is 0.215. The largest absolute Gasteiger partial charge is 0.513 e. The van der Waals surface area contributed by atoms with E-state index in [4.69, 9.17) is 18.9 Å². The van der Waals surface area contributed by atoms with Crippen LogP contribution in [0.4, 0.5) is 9.59 Å². The maximum absolute atomic E-state index is 11.8. The SMILES string of the molecule is CC(C)COC(=O)Oc1ccc(OC(=O)OCC(C)C)c2ccccc12. The summed E-state index contributed by atoms with van der Waals surface area (Å²) in [6, 6.07) is 10.3. The third-order valence-electron chi connectivity index (χ3n) is 3.30. The second-order valence-corrected chi connectivity index (χ2v) is 6.72. The lowest BCUT2D eigenvalue weighted by molar-refractivity contribution is 0.0873. The molecule has 0 saturated carbocycles. The van der Waals surface area contributed by atoms with Crippen LogP contribution in [0.2, 0.25) is 0 Å². The third kappa shape index (κ3) is 5.65. The summed E-state index contributed by atoms with van der Waals surface area (Å²) >= 11 is 0. The monoisotopic (exact) mass is 360 g/mol. The zero-order valence-corrected chi connectivity index (χ0v) is 15.5. The zero-order valence-electron chi connectivity index (χ0n) is 15.5. The van der Waals surface area contributed by atoms with E-state index in [1.807, 2.05) is 27.7 Å². The fourth-order valence-electron chi connectivity index (χ4n) is 2.13. The Kier molecular flexibility index (Phi) is 6.83. The van der Waals surface area contributed by atoms with Gasteiger partial charge in [0.05, 0.1) is 13.2 Å². The second-order valence-electron chi connectivity index (χ2n) is 6.72. The Balaban J connectivity index is 2.17. The van der Waals surface area contributed by atoms with Gasteiger partial charge in [-0.25, -0.2) is 9.59 Å². The molecule has 0 atom stereocenters. The molecule has 6 nitrogen and oxygen atoms in total.